The molecule has 1 aliphatic heterocycles. The summed E-state index contributed by atoms with van der Waals surface area (Å²) in [5.41, 5.74) is 3.49. The molecule has 1 aromatic heterocycles. The molecule has 0 bridgehead atoms. The summed E-state index contributed by atoms with van der Waals surface area (Å²) < 4.78 is 8.16. The molecule has 0 spiro atoms. The monoisotopic (exact) mass is 926 g/mol. The second kappa shape index (κ2) is 21.5. The minimum atomic E-state index is -2.52. The summed E-state index contributed by atoms with van der Waals surface area (Å²) in [6.07, 6.45) is 1.38. The van der Waals surface area contributed by atoms with Crippen molar-refractivity contribution < 1.29 is 23.9 Å². The molecule has 11 nitrogen and oxygen atoms in total. The van der Waals surface area contributed by atoms with Crippen LogP contribution in [-0.4, -0.2) is 61.8 Å². The van der Waals surface area contributed by atoms with Gasteiger partial charge in [0.15, 0.2) is 11.6 Å². The number of Topliss-reactive ketones (excluding diaryl/α,β-unsaturated/α-hetero) is 3. The van der Waals surface area contributed by atoms with Crippen LogP contribution in [0.5, 0.6) is 0 Å². The van der Waals surface area contributed by atoms with Gasteiger partial charge in [0.25, 0.3) is 5.72 Å². The normalized spacial score (nSPS) is 14.2. The van der Waals surface area contributed by atoms with Gasteiger partial charge in [0.1, 0.15) is 11.6 Å². The van der Waals surface area contributed by atoms with E-state index >= 15 is 9.59 Å². The zero-order valence-corrected chi connectivity index (χ0v) is 39.0. The Hall–Kier alpha value is -7.99. The first-order valence-electron chi connectivity index (χ1n) is 23.9. The Labute approximate surface area is 408 Å². The van der Waals surface area contributed by atoms with Crippen molar-refractivity contribution in [2.45, 2.75) is 68.8 Å². The Morgan fingerprint density at radius 1 is 0.643 bits per heavy atom. The summed E-state index contributed by atoms with van der Waals surface area (Å²) in [6.45, 7) is 2.48. The fourth-order valence-corrected chi connectivity index (χ4v) is 9.59. The third kappa shape index (κ3) is 9.67. The highest BCUT2D eigenvalue weighted by molar-refractivity contribution is 6.13. The molecule has 1 aliphatic rings. The molecule has 0 saturated carbocycles. The van der Waals surface area contributed by atoms with Crippen LogP contribution >= 0.6 is 0 Å². The van der Waals surface area contributed by atoms with E-state index in [0.717, 1.165) is 39.8 Å². The number of benzene rings is 7. The number of hydrogen-bond acceptors (Lipinski definition) is 10. The third-order valence-corrected chi connectivity index (χ3v) is 13.0. The molecular formula is C59H54N6O5. The molecule has 2 heterocycles. The fourth-order valence-electron chi connectivity index (χ4n) is 9.59. The molecule has 0 radical (unpaired) electrons. The maximum absolute atomic E-state index is 15.0. The van der Waals surface area contributed by atoms with Gasteiger partial charge < -0.3 is 10.1 Å². The molecule has 2 unspecified atom stereocenters. The van der Waals surface area contributed by atoms with Crippen LogP contribution in [0.15, 0.2) is 200 Å². The highest BCUT2D eigenvalue weighted by atomic mass is 16.6. The van der Waals surface area contributed by atoms with Crippen LogP contribution in [0.1, 0.15) is 72.0 Å². The van der Waals surface area contributed by atoms with Crippen LogP contribution in [0.4, 0.5) is 0 Å². The Kier molecular flexibility index (Phi) is 14.5. The molecule has 2 atom stereocenters. The van der Waals surface area contributed by atoms with E-state index < -0.39 is 40.9 Å². The van der Waals surface area contributed by atoms with Crippen LogP contribution < -0.4 is 10.6 Å². The number of nitrogens with one attached hydrogen (secondary N) is 2. The van der Waals surface area contributed by atoms with Gasteiger partial charge in [0, 0.05) is 24.8 Å². The lowest BCUT2D eigenvalue weighted by atomic mass is 9.77. The van der Waals surface area contributed by atoms with Gasteiger partial charge in [-0.05, 0) is 80.7 Å². The highest BCUT2D eigenvalue weighted by Crippen LogP contribution is 2.43. The van der Waals surface area contributed by atoms with Gasteiger partial charge in [-0.2, -0.15) is 0 Å². The van der Waals surface area contributed by atoms with Crippen LogP contribution in [0, 0.1) is 0 Å². The summed E-state index contributed by atoms with van der Waals surface area (Å²) in [5, 5.41) is 20.2. The number of tetrazole rings is 1. The minimum absolute atomic E-state index is 0.130. The first kappa shape index (κ1) is 47.1. The van der Waals surface area contributed by atoms with E-state index in [9.17, 15) is 9.59 Å². The van der Waals surface area contributed by atoms with Gasteiger partial charge in [0.05, 0.1) is 6.04 Å². The van der Waals surface area contributed by atoms with Crippen molar-refractivity contribution in [3.8, 4) is 22.5 Å². The molecule has 9 rings (SSSR count). The molecule has 1 saturated heterocycles. The van der Waals surface area contributed by atoms with E-state index in [1.54, 1.807) is 48.5 Å². The average Bonchev–Trinajstić information content (AvgIpc) is 4.14. The summed E-state index contributed by atoms with van der Waals surface area (Å²) in [4.78, 5) is 58.7. The zero-order valence-electron chi connectivity index (χ0n) is 39.0. The lowest BCUT2D eigenvalue weighted by Crippen LogP contribution is -2.64. The van der Waals surface area contributed by atoms with Crippen molar-refractivity contribution in [1.29, 1.82) is 0 Å². The second-order valence-corrected chi connectivity index (χ2v) is 17.6. The number of ketones is 3. The molecule has 7 aromatic carbocycles. The Balaban J connectivity index is 1.14. The quantitative estimate of drug-likeness (QED) is 0.0328. The Morgan fingerprint density at radius 2 is 1.13 bits per heavy atom. The van der Waals surface area contributed by atoms with Gasteiger partial charge in [-0.1, -0.05) is 207 Å². The summed E-state index contributed by atoms with van der Waals surface area (Å²) in [7, 11) is 0. The summed E-state index contributed by atoms with van der Waals surface area (Å²) in [6, 6.07) is 62.0. The van der Waals surface area contributed by atoms with Crippen molar-refractivity contribution in [2.24, 2.45) is 0 Å². The number of rotatable bonds is 20. The van der Waals surface area contributed by atoms with Crippen molar-refractivity contribution in [3.63, 3.8) is 0 Å². The molecule has 350 valence electrons. The van der Waals surface area contributed by atoms with Gasteiger partial charge in [-0.25, -0.2) is 4.68 Å². The molecular weight excluding hydrogens is 873 g/mol. The van der Waals surface area contributed by atoms with E-state index in [4.69, 9.17) is 15.0 Å². The first-order valence-corrected chi connectivity index (χ1v) is 23.9. The lowest BCUT2D eigenvalue weighted by molar-refractivity contribution is -0.179. The fraction of sp³-hybridized carbons (Fsp3) is 0.203. The number of hydrogen-bond donors (Lipinski definition) is 2. The third-order valence-electron chi connectivity index (χ3n) is 13.0. The van der Waals surface area contributed by atoms with Gasteiger partial charge in [-0.15, -0.1) is 5.10 Å². The molecule has 70 heavy (non-hydrogen) atoms. The van der Waals surface area contributed by atoms with E-state index in [1.165, 1.54) is 0 Å². The largest absolute Gasteiger partial charge is 0.427 e. The second-order valence-electron chi connectivity index (χ2n) is 17.6. The topological polar surface area (TPSA) is 145 Å². The van der Waals surface area contributed by atoms with Crippen molar-refractivity contribution in [1.82, 2.24) is 30.8 Å². The van der Waals surface area contributed by atoms with Crippen LogP contribution in [0.3, 0.4) is 0 Å². The maximum Gasteiger partial charge on any atom is 0.325 e. The number of ether oxygens (including phenoxy) is 1. The van der Waals surface area contributed by atoms with Crippen molar-refractivity contribution >= 4 is 23.3 Å². The summed E-state index contributed by atoms with van der Waals surface area (Å²) in [5.74, 6) is -1.85. The predicted octanol–water partition coefficient (Wildman–Crippen LogP) is 9.46. The van der Waals surface area contributed by atoms with E-state index in [-0.39, 0.29) is 25.0 Å². The number of carbonyl (C=O) groups is 4. The zero-order chi connectivity index (χ0) is 48.3. The molecule has 0 aliphatic carbocycles. The average molecular weight is 927 g/mol. The molecule has 8 aromatic rings. The lowest BCUT2D eigenvalue weighted by Gasteiger charge is -2.36. The van der Waals surface area contributed by atoms with E-state index in [1.807, 2.05) is 127 Å². The van der Waals surface area contributed by atoms with Crippen molar-refractivity contribution in [2.75, 3.05) is 6.54 Å². The van der Waals surface area contributed by atoms with Crippen LogP contribution in [0.2, 0.25) is 0 Å². The number of carbonyl (C=O) groups excluding carboxylic acids is 4. The SMILES string of the molecule is CCCC(=O)C(NC(OC(=O)C1CCCN1)(C(=O)Cc1ccccc1)C(=O)Cc1ccccc1)c1ccc(-c2ccccc2-c2nnnn2C(c2ccccc2)(c2ccccc2)c2ccccc2)cc1. The number of esters is 1. The van der Waals surface area contributed by atoms with Crippen LogP contribution in [0.25, 0.3) is 22.5 Å². The summed E-state index contributed by atoms with van der Waals surface area (Å²) >= 11 is 0. The maximum atomic E-state index is 15.0. The first-order chi connectivity index (χ1) is 34.3. The Bertz CT molecular complexity index is 2880. The molecule has 11 heteroatoms. The highest BCUT2D eigenvalue weighted by Gasteiger charge is 2.52. The number of aromatic nitrogens is 4. The number of nitrogens with zero attached hydrogens (tertiary/aromatic N) is 4. The molecule has 0 amide bonds. The van der Waals surface area contributed by atoms with Crippen LogP contribution in [-0.2, 0) is 42.3 Å². The van der Waals surface area contributed by atoms with Crippen molar-refractivity contribution in [3.05, 3.63) is 234 Å². The van der Waals surface area contributed by atoms with E-state index in [0.29, 0.717) is 41.9 Å². The van der Waals surface area contributed by atoms with Gasteiger partial charge in [0.2, 0.25) is 11.6 Å². The molecule has 1 fully saturated rings. The smallest absolute Gasteiger partial charge is 0.325 e. The van der Waals surface area contributed by atoms with E-state index in [2.05, 4.69) is 52.2 Å². The standard InChI is InChI=1S/C59H54N6O5/c1-2-21-52(66)55(61-59(70-57(69)51-34-20-39-60-51,53(67)40-42-22-8-3-9-23-42)54(68)41-43-24-10-4-11-25-43)45-37-35-44(36-38-45)49-32-18-19-33-50(49)56-62-63-64-65(56)58(46-26-12-5-13-27-46,47-28-14-6-15-29-47)48-30-16-7-17-31-48/h3-19,22-33,35-38,51,55,60-61H,2,20-21,34,39-41H2,1H3. The molecule has 2 N–H and O–H groups in total. The van der Waals surface area contributed by atoms with Gasteiger partial charge >= 0.3 is 5.97 Å². The predicted molar refractivity (Wildman–Crippen MR) is 269 cm³/mol. The minimum Gasteiger partial charge on any atom is -0.427 e. The Morgan fingerprint density at radius 3 is 1.61 bits per heavy atom. The van der Waals surface area contributed by atoms with Gasteiger partial charge in [-0.3, -0.25) is 24.5 Å².